The zero-order valence-electron chi connectivity index (χ0n) is 22.5. The minimum atomic E-state index is -0.643. The molecule has 2 aromatic rings. The third-order valence-corrected chi connectivity index (χ3v) is 8.50. The van der Waals surface area contributed by atoms with E-state index in [1.54, 1.807) is 19.2 Å². The van der Waals surface area contributed by atoms with Crippen molar-refractivity contribution in [2.75, 3.05) is 13.7 Å². The number of Topliss-reactive ketones (excluding diaryl/α,β-unsaturated/α-hetero) is 1. The Bertz CT molecular complexity index is 1340. The summed E-state index contributed by atoms with van der Waals surface area (Å²) in [4.78, 5) is 27.6. The minimum Gasteiger partial charge on any atom is -0.503 e. The Morgan fingerprint density at radius 3 is 2.49 bits per heavy atom. The number of aromatic hydroxyl groups is 1. The van der Waals surface area contributed by atoms with Crippen LogP contribution in [0.5, 0.6) is 17.2 Å². The number of phenolic OH excluding ortho intramolecular Hbond substituents is 1. The highest BCUT2D eigenvalue weighted by atomic mass is 79.9. The van der Waals surface area contributed by atoms with E-state index >= 15 is 0 Å². The second-order valence-electron chi connectivity index (χ2n) is 10.4. The molecule has 0 bridgehead atoms. The van der Waals surface area contributed by atoms with Gasteiger partial charge in [0.2, 0.25) is 0 Å². The van der Waals surface area contributed by atoms with Gasteiger partial charge in [0, 0.05) is 29.3 Å². The van der Waals surface area contributed by atoms with Gasteiger partial charge in [-0.1, -0.05) is 12.1 Å². The molecule has 2 atom stereocenters. The molecule has 0 saturated heterocycles. The molecule has 5 rings (SSSR count). The average molecular weight is 597 g/mol. The fourth-order valence-electron chi connectivity index (χ4n) is 6.00. The average Bonchev–Trinajstić information content (AvgIpc) is 3.43. The monoisotopic (exact) mass is 595 g/mol. The Morgan fingerprint density at radius 2 is 1.82 bits per heavy atom. The number of methoxy groups -OCH3 is 1. The van der Waals surface area contributed by atoms with Gasteiger partial charge in [-0.05, 0) is 103 Å². The van der Waals surface area contributed by atoms with E-state index in [-0.39, 0.29) is 23.6 Å². The highest BCUT2D eigenvalue weighted by molar-refractivity contribution is 9.10. The molecule has 1 saturated carbocycles. The van der Waals surface area contributed by atoms with E-state index in [1.807, 2.05) is 38.1 Å². The van der Waals surface area contributed by atoms with Crippen LogP contribution in [0.25, 0.3) is 0 Å². The number of carbonyl (C=O) groups is 2. The van der Waals surface area contributed by atoms with Crippen LogP contribution in [0.15, 0.2) is 63.4 Å². The van der Waals surface area contributed by atoms with E-state index in [4.69, 9.17) is 14.2 Å². The van der Waals surface area contributed by atoms with Crippen LogP contribution in [0.2, 0.25) is 0 Å². The second kappa shape index (κ2) is 11.5. The molecule has 2 aromatic carbocycles. The van der Waals surface area contributed by atoms with Gasteiger partial charge in [0.1, 0.15) is 11.9 Å². The molecule has 0 amide bonds. The molecule has 1 fully saturated rings. The van der Waals surface area contributed by atoms with Gasteiger partial charge in [-0.25, -0.2) is 4.79 Å². The summed E-state index contributed by atoms with van der Waals surface area (Å²) in [7, 11) is 1.63. The lowest BCUT2D eigenvalue weighted by Crippen LogP contribution is -2.36. The third kappa shape index (κ3) is 5.44. The van der Waals surface area contributed by atoms with Crippen LogP contribution in [-0.4, -0.2) is 36.7 Å². The number of ketones is 1. The van der Waals surface area contributed by atoms with Crippen molar-refractivity contribution in [3.05, 3.63) is 74.5 Å². The molecule has 39 heavy (non-hydrogen) atoms. The molecular formula is C31H34BrNO6. The molecule has 2 N–H and O–H groups in total. The Kier molecular flexibility index (Phi) is 8.03. The summed E-state index contributed by atoms with van der Waals surface area (Å²) >= 11 is 3.44. The highest BCUT2D eigenvalue weighted by Gasteiger charge is 2.42. The molecule has 0 spiro atoms. The topological polar surface area (TPSA) is 94.1 Å². The minimum absolute atomic E-state index is 0.000589. The van der Waals surface area contributed by atoms with E-state index in [0.29, 0.717) is 52.1 Å². The van der Waals surface area contributed by atoms with Crippen LogP contribution in [0, 0.1) is 0 Å². The van der Waals surface area contributed by atoms with Gasteiger partial charge in [-0.2, -0.15) is 0 Å². The number of benzene rings is 2. The van der Waals surface area contributed by atoms with Crippen molar-refractivity contribution in [3.8, 4) is 17.2 Å². The smallest absolute Gasteiger partial charge is 0.337 e. The molecule has 7 nitrogen and oxygen atoms in total. The number of phenols is 1. The van der Waals surface area contributed by atoms with Crippen LogP contribution in [-0.2, 0) is 14.3 Å². The van der Waals surface area contributed by atoms with Crippen LogP contribution in [0.3, 0.4) is 0 Å². The lowest BCUT2D eigenvalue weighted by Gasteiger charge is -2.37. The van der Waals surface area contributed by atoms with Crippen LogP contribution in [0.4, 0.5) is 0 Å². The number of ether oxygens (including phenoxy) is 3. The van der Waals surface area contributed by atoms with Crippen molar-refractivity contribution in [1.82, 2.24) is 5.32 Å². The lowest BCUT2D eigenvalue weighted by molar-refractivity contribution is -0.144. The Labute approximate surface area is 237 Å². The summed E-state index contributed by atoms with van der Waals surface area (Å²) < 4.78 is 17.4. The largest absolute Gasteiger partial charge is 0.503 e. The SMILES string of the molecule is CCOc1cc([C@@H]2C(C(=O)OC3CCCC3)=C(C)NC3=C2C(=O)C[C@H](c2ccc(OC)cc2)C3)cc(Br)c1O. The third-order valence-electron chi connectivity index (χ3n) is 7.89. The number of dihydropyridines is 1. The molecule has 2 aliphatic carbocycles. The molecular weight excluding hydrogens is 562 g/mol. The van der Waals surface area contributed by atoms with E-state index < -0.39 is 11.9 Å². The fraction of sp³-hybridized carbons (Fsp3) is 0.419. The molecule has 1 aliphatic heterocycles. The highest BCUT2D eigenvalue weighted by Crippen LogP contribution is 2.48. The first-order valence-corrected chi connectivity index (χ1v) is 14.3. The first kappa shape index (κ1) is 27.3. The number of hydrogen-bond donors (Lipinski definition) is 2. The van der Waals surface area contributed by atoms with Crippen molar-refractivity contribution in [2.45, 2.75) is 70.3 Å². The van der Waals surface area contributed by atoms with E-state index in [1.165, 1.54) is 0 Å². The van der Waals surface area contributed by atoms with Crippen LogP contribution < -0.4 is 14.8 Å². The van der Waals surface area contributed by atoms with Gasteiger partial charge in [0.05, 0.1) is 23.8 Å². The quantitative estimate of drug-likeness (QED) is 0.357. The number of carbonyl (C=O) groups excluding carboxylic acids is 2. The lowest BCUT2D eigenvalue weighted by atomic mass is 9.71. The first-order chi connectivity index (χ1) is 18.8. The summed E-state index contributed by atoms with van der Waals surface area (Å²) in [5, 5.41) is 14.0. The number of esters is 1. The normalized spacial score (nSPS) is 21.5. The van der Waals surface area contributed by atoms with Gasteiger partial charge in [0.25, 0.3) is 0 Å². The van der Waals surface area contributed by atoms with Crippen LogP contribution >= 0.6 is 15.9 Å². The van der Waals surface area contributed by atoms with Crippen molar-refractivity contribution in [3.63, 3.8) is 0 Å². The summed E-state index contributed by atoms with van der Waals surface area (Å²) in [5.74, 6) is -0.0247. The molecule has 3 aliphatic rings. The van der Waals surface area contributed by atoms with E-state index in [9.17, 15) is 14.7 Å². The van der Waals surface area contributed by atoms with Crippen molar-refractivity contribution < 1.29 is 28.9 Å². The number of nitrogens with one attached hydrogen (secondary N) is 1. The van der Waals surface area contributed by atoms with E-state index in [0.717, 1.165) is 42.7 Å². The van der Waals surface area contributed by atoms with Crippen molar-refractivity contribution in [1.29, 1.82) is 0 Å². The van der Waals surface area contributed by atoms with Crippen LogP contribution in [0.1, 0.15) is 75.3 Å². The second-order valence-corrected chi connectivity index (χ2v) is 11.2. The predicted octanol–water partition coefficient (Wildman–Crippen LogP) is 6.41. The molecule has 0 unspecified atom stereocenters. The Balaban J connectivity index is 1.58. The van der Waals surface area contributed by atoms with E-state index in [2.05, 4.69) is 21.2 Å². The Morgan fingerprint density at radius 1 is 1.10 bits per heavy atom. The molecule has 1 heterocycles. The van der Waals surface area contributed by atoms with Crippen molar-refractivity contribution in [2.24, 2.45) is 0 Å². The number of halogens is 1. The van der Waals surface area contributed by atoms with Gasteiger partial charge >= 0.3 is 5.97 Å². The number of hydrogen-bond acceptors (Lipinski definition) is 7. The predicted molar refractivity (Wildman–Crippen MR) is 151 cm³/mol. The van der Waals surface area contributed by atoms with Gasteiger partial charge in [0.15, 0.2) is 17.3 Å². The summed E-state index contributed by atoms with van der Waals surface area (Å²) in [6.45, 7) is 4.06. The number of allylic oxidation sites excluding steroid dienone is 3. The van der Waals surface area contributed by atoms with Gasteiger partial charge in [-0.15, -0.1) is 0 Å². The maximum absolute atomic E-state index is 13.9. The maximum atomic E-state index is 13.9. The Hall–Kier alpha value is -3.26. The molecule has 206 valence electrons. The van der Waals surface area contributed by atoms with Gasteiger partial charge < -0.3 is 24.6 Å². The molecule has 0 aromatic heterocycles. The summed E-state index contributed by atoms with van der Waals surface area (Å²) in [6, 6.07) is 11.3. The summed E-state index contributed by atoms with van der Waals surface area (Å²) in [6.07, 6.45) is 4.63. The molecule has 8 heteroatoms. The first-order valence-electron chi connectivity index (χ1n) is 13.5. The van der Waals surface area contributed by atoms with Crippen molar-refractivity contribution >= 4 is 27.7 Å². The fourth-order valence-corrected chi connectivity index (χ4v) is 6.46. The van der Waals surface area contributed by atoms with Gasteiger partial charge in [-0.3, -0.25) is 4.79 Å². The zero-order valence-corrected chi connectivity index (χ0v) is 24.1. The maximum Gasteiger partial charge on any atom is 0.337 e. The zero-order chi connectivity index (χ0) is 27.7. The molecule has 0 radical (unpaired) electrons. The number of rotatable bonds is 7. The summed E-state index contributed by atoms with van der Waals surface area (Å²) in [5.41, 5.74) is 4.24. The standard InChI is InChI=1S/C31H34BrNO6/c1-4-38-26-16-20(13-23(32)30(26)35)28-27(31(36)39-22-7-5-6-8-22)17(2)33-24-14-19(15-25(34)29(24)28)18-9-11-21(37-3)12-10-18/h9-13,16,19,22,28,33,35H,4-8,14-15H2,1-3H3/t19-,28-/m1/s1.